The highest BCUT2D eigenvalue weighted by Crippen LogP contribution is 2.35. The number of para-hydroxylation sites is 1. The lowest BCUT2D eigenvalue weighted by molar-refractivity contribution is 0.260. The first-order valence-electron chi connectivity index (χ1n) is 8.15. The summed E-state index contributed by atoms with van der Waals surface area (Å²) < 4.78 is 21.1. The number of halogens is 1. The van der Waals surface area contributed by atoms with Gasteiger partial charge in [0.25, 0.3) is 0 Å². The molecule has 0 amide bonds. The van der Waals surface area contributed by atoms with Gasteiger partial charge in [-0.1, -0.05) is 12.1 Å². The summed E-state index contributed by atoms with van der Waals surface area (Å²) in [6.07, 6.45) is 4.05. The molecule has 0 spiro atoms. The largest absolute Gasteiger partial charge is 0.490 e. The second kappa shape index (κ2) is 6.16. The van der Waals surface area contributed by atoms with Crippen LogP contribution in [0.2, 0.25) is 0 Å². The summed E-state index contributed by atoms with van der Waals surface area (Å²) in [7, 11) is 0. The third-order valence-corrected chi connectivity index (χ3v) is 4.20. The van der Waals surface area contributed by atoms with Gasteiger partial charge in [0.15, 0.2) is 17.4 Å². The summed E-state index contributed by atoms with van der Waals surface area (Å²) in [4.78, 5) is 8.86. The summed E-state index contributed by atoms with van der Waals surface area (Å²) in [5.41, 5.74) is 2.71. The zero-order valence-corrected chi connectivity index (χ0v) is 14.0. The van der Waals surface area contributed by atoms with E-state index in [4.69, 9.17) is 4.74 Å². The van der Waals surface area contributed by atoms with Gasteiger partial charge in [0.2, 0.25) is 0 Å². The fourth-order valence-corrected chi connectivity index (χ4v) is 3.10. The Hall–Kier alpha value is -2.96. The number of benzene rings is 1. The number of fused-ring (bicyclic) bond motifs is 1. The second-order valence-electron chi connectivity index (χ2n) is 6.09. The molecule has 6 nitrogen and oxygen atoms in total. The van der Waals surface area contributed by atoms with Gasteiger partial charge in [-0.2, -0.15) is 5.10 Å². The van der Waals surface area contributed by atoms with Crippen LogP contribution in [0, 0.1) is 19.7 Å². The number of rotatable bonds is 3. The maximum absolute atomic E-state index is 13.9. The van der Waals surface area contributed by atoms with Gasteiger partial charge in [0.1, 0.15) is 5.82 Å². The van der Waals surface area contributed by atoms with Gasteiger partial charge < -0.3 is 10.1 Å². The monoisotopic (exact) mass is 339 g/mol. The lowest BCUT2D eigenvalue weighted by atomic mass is 10.0. The Morgan fingerprint density at radius 2 is 2.16 bits per heavy atom. The predicted octanol–water partition coefficient (Wildman–Crippen LogP) is 3.35. The van der Waals surface area contributed by atoms with Crippen molar-refractivity contribution in [1.82, 2.24) is 19.7 Å². The number of hydrogen-bond donors (Lipinski definition) is 1. The molecule has 2 aromatic heterocycles. The summed E-state index contributed by atoms with van der Waals surface area (Å²) in [6.45, 7) is 4.36. The van der Waals surface area contributed by atoms with Gasteiger partial charge in [-0.3, -0.25) is 4.98 Å². The van der Waals surface area contributed by atoms with Crippen LogP contribution >= 0.6 is 0 Å². The Bertz CT molecular complexity index is 924. The fourth-order valence-electron chi connectivity index (χ4n) is 3.10. The van der Waals surface area contributed by atoms with E-state index in [1.807, 2.05) is 26.0 Å². The van der Waals surface area contributed by atoms with Gasteiger partial charge >= 0.3 is 0 Å². The first kappa shape index (κ1) is 15.6. The van der Waals surface area contributed by atoms with Gasteiger partial charge in [-0.25, -0.2) is 14.1 Å². The molecular weight excluding hydrogens is 321 g/mol. The Balaban J connectivity index is 1.64. The minimum Gasteiger partial charge on any atom is -0.490 e. The highest BCUT2D eigenvalue weighted by molar-refractivity contribution is 5.45. The standard InChI is InChI=1S/C18H18FN5O/c1-11-8-12(2)24(23-11)17-10-20-9-16(22-17)21-15-6-7-25-18-13(15)4-3-5-14(18)19/h3-5,8-10,15H,6-7H2,1-2H3,(H,21,22)/t15-/m0/s1. The first-order valence-corrected chi connectivity index (χ1v) is 8.15. The zero-order chi connectivity index (χ0) is 17.4. The highest BCUT2D eigenvalue weighted by atomic mass is 19.1. The molecule has 25 heavy (non-hydrogen) atoms. The second-order valence-corrected chi connectivity index (χ2v) is 6.09. The molecule has 0 radical (unpaired) electrons. The molecule has 7 heteroatoms. The van der Waals surface area contributed by atoms with Crippen molar-refractivity contribution >= 4 is 5.82 Å². The third-order valence-electron chi connectivity index (χ3n) is 4.20. The molecule has 128 valence electrons. The number of anilines is 1. The maximum atomic E-state index is 13.9. The Morgan fingerprint density at radius 3 is 2.96 bits per heavy atom. The molecule has 0 saturated heterocycles. The highest BCUT2D eigenvalue weighted by Gasteiger charge is 2.24. The molecule has 0 saturated carbocycles. The molecular formula is C18H18FN5O. The van der Waals surface area contributed by atoms with Crippen molar-refractivity contribution < 1.29 is 9.13 Å². The van der Waals surface area contributed by atoms with Crippen LogP contribution < -0.4 is 10.1 Å². The Morgan fingerprint density at radius 1 is 1.28 bits per heavy atom. The molecule has 3 aromatic rings. The van der Waals surface area contributed by atoms with Crippen LogP contribution in [0.5, 0.6) is 5.75 Å². The number of ether oxygens (including phenoxy) is 1. The van der Waals surface area contributed by atoms with E-state index in [0.29, 0.717) is 24.0 Å². The molecule has 1 aliphatic heterocycles. The molecule has 1 atom stereocenters. The molecule has 0 bridgehead atoms. The number of aromatic nitrogens is 4. The van der Waals surface area contributed by atoms with Crippen molar-refractivity contribution in [2.75, 3.05) is 11.9 Å². The van der Waals surface area contributed by atoms with E-state index >= 15 is 0 Å². The van der Waals surface area contributed by atoms with E-state index < -0.39 is 0 Å². The van der Waals surface area contributed by atoms with Crippen molar-refractivity contribution in [1.29, 1.82) is 0 Å². The first-order chi connectivity index (χ1) is 12.1. The van der Waals surface area contributed by atoms with Crippen LogP contribution in [0.3, 0.4) is 0 Å². The average Bonchev–Trinajstić information content (AvgIpc) is 2.95. The maximum Gasteiger partial charge on any atom is 0.174 e. The Labute approximate surface area is 144 Å². The summed E-state index contributed by atoms with van der Waals surface area (Å²) in [5, 5.41) is 7.77. The Kier molecular flexibility index (Phi) is 3.83. The minimum absolute atomic E-state index is 0.0792. The average molecular weight is 339 g/mol. The lowest BCUT2D eigenvalue weighted by Gasteiger charge is -2.27. The van der Waals surface area contributed by atoms with Crippen LogP contribution in [-0.4, -0.2) is 26.4 Å². The summed E-state index contributed by atoms with van der Waals surface area (Å²) >= 11 is 0. The number of nitrogens with zero attached hydrogens (tertiary/aromatic N) is 4. The van der Waals surface area contributed by atoms with Crippen LogP contribution in [-0.2, 0) is 0 Å². The molecule has 1 N–H and O–H groups in total. The van der Waals surface area contributed by atoms with Crippen molar-refractivity contribution in [3.05, 3.63) is 59.4 Å². The quantitative estimate of drug-likeness (QED) is 0.793. The molecule has 1 aromatic carbocycles. The molecule has 3 heterocycles. The molecule has 1 aliphatic rings. The minimum atomic E-state index is -0.341. The summed E-state index contributed by atoms with van der Waals surface area (Å²) in [5.74, 6) is 1.23. The van der Waals surface area contributed by atoms with Crippen LogP contribution in [0.25, 0.3) is 5.82 Å². The molecule has 0 fully saturated rings. The third kappa shape index (κ3) is 2.93. The predicted molar refractivity (Wildman–Crippen MR) is 91.5 cm³/mol. The van der Waals surface area contributed by atoms with E-state index in [1.54, 1.807) is 23.1 Å². The SMILES string of the molecule is Cc1cc(C)n(-c2cncc(N[C@H]3CCOc4c(F)cccc43)n2)n1. The molecule has 0 unspecified atom stereocenters. The van der Waals surface area contributed by atoms with Crippen molar-refractivity contribution in [2.24, 2.45) is 0 Å². The fraction of sp³-hybridized carbons (Fsp3) is 0.278. The van der Waals surface area contributed by atoms with Crippen LogP contribution in [0.1, 0.15) is 29.4 Å². The zero-order valence-electron chi connectivity index (χ0n) is 14.0. The van der Waals surface area contributed by atoms with E-state index in [9.17, 15) is 4.39 Å². The van der Waals surface area contributed by atoms with Crippen LogP contribution in [0.4, 0.5) is 10.2 Å². The lowest BCUT2D eigenvalue weighted by Crippen LogP contribution is -2.22. The van der Waals surface area contributed by atoms with Crippen molar-refractivity contribution in [3.63, 3.8) is 0 Å². The van der Waals surface area contributed by atoms with Crippen LogP contribution in [0.15, 0.2) is 36.7 Å². The normalized spacial score (nSPS) is 16.2. The number of nitrogens with one attached hydrogen (secondary N) is 1. The topological polar surface area (TPSA) is 64.9 Å². The van der Waals surface area contributed by atoms with E-state index in [-0.39, 0.29) is 11.9 Å². The number of aryl methyl sites for hydroxylation is 2. The van der Waals surface area contributed by atoms with Gasteiger partial charge in [0.05, 0.1) is 30.7 Å². The van der Waals surface area contributed by atoms with E-state index in [1.165, 1.54) is 6.07 Å². The summed E-state index contributed by atoms with van der Waals surface area (Å²) in [6, 6.07) is 6.87. The van der Waals surface area contributed by atoms with Crippen molar-refractivity contribution in [2.45, 2.75) is 26.3 Å². The van der Waals surface area contributed by atoms with E-state index in [2.05, 4.69) is 20.4 Å². The number of hydrogen-bond acceptors (Lipinski definition) is 5. The van der Waals surface area contributed by atoms with Crippen molar-refractivity contribution in [3.8, 4) is 11.6 Å². The van der Waals surface area contributed by atoms with E-state index in [0.717, 1.165) is 23.4 Å². The van der Waals surface area contributed by atoms with Gasteiger partial charge in [-0.15, -0.1) is 0 Å². The van der Waals surface area contributed by atoms with Gasteiger partial charge in [-0.05, 0) is 26.0 Å². The smallest absolute Gasteiger partial charge is 0.174 e. The molecule has 0 aliphatic carbocycles. The van der Waals surface area contributed by atoms with Gasteiger partial charge in [0, 0.05) is 17.7 Å². The molecule has 4 rings (SSSR count).